The van der Waals surface area contributed by atoms with E-state index in [4.69, 9.17) is 9.84 Å². The van der Waals surface area contributed by atoms with Gasteiger partial charge in [-0.25, -0.2) is 4.98 Å². The molecule has 2 aromatic rings. The second-order valence-corrected chi connectivity index (χ2v) is 3.94. The number of nitrogens with zero attached hydrogens (tertiary/aromatic N) is 1. The van der Waals surface area contributed by atoms with Gasteiger partial charge in [-0.3, -0.25) is 0 Å². The lowest BCUT2D eigenvalue weighted by Gasteiger charge is -2.05. The summed E-state index contributed by atoms with van der Waals surface area (Å²) < 4.78 is 5.57. The van der Waals surface area contributed by atoms with Crippen molar-refractivity contribution in [1.29, 1.82) is 0 Å². The molecule has 0 saturated heterocycles. The fraction of sp³-hybridized carbons (Fsp3) is 0.182. The molecule has 78 valence electrons. The van der Waals surface area contributed by atoms with Crippen molar-refractivity contribution in [2.75, 3.05) is 0 Å². The Bertz CT molecular complexity index is 453. The molecular weight excluding hydrogens is 210 g/mol. The van der Waals surface area contributed by atoms with Crippen LogP contribution in [-0.2, 0) is 6.61 Å². The number of thiazole rings is 1. The van der Waals surface area contributed by atoms with Crippen LogP contribution < -0.4 is 4.74 Å². The molecule has 0 aliphatic rings. The maximum Gasteiger partial charge on any atom is 0.278 e. The normalized spacial score (nSPS) is 10.3. The van der Waals surface area contributed by atoms with Gasteiger partial charge in [-0.2, -0.15) is 0 Å². The number of rotatable bonds is 3. The molecule has 1 heterocycles. The Morgan fingerprint density at radius 3 is 2.87 bits per heavy atom. The molecular formula is C11H11NO2S. The quantitative estimate of drug-likeness (QED) is 0.866. The number of aryl methyl sites for hydroxylation is 1. The van der Waals surface area contributed by atoms with Crippen LogP contribution in [0, 0.1) is 6.92 Å². The smallest absolute Gasteiger partial charge is 0.278 e. The first kappa shape index (κ1) is 10.1. The van der Waals surface area contributed by atoms with E-state index in [9.17, 15) is 0 Å². The van der Waals surface area contributed by atoms with Gasteiger partial charge in [0.2, 0.25) is 0 Å². The summed E-state index contributed by atoms with van der Waals surface area (Å²) in [5.41, 5.74) is 1.71. The van der Waals surface area contributed by atoms with Gasteiger partial charge >= 0.3 is 0 Å². The summed E-state index contributed by atoms with van der Waals surface area (Å²) in [4.78, 5) is 4.20. The highest BCUT2D eigenvalue weighted by Crippen LogP contribution is 2.27. The highest BCUT2D eigenvalue weighted by molar-refractivity contribution is 7.11. The Morgan fingerprint density at radius 2 is 2.20 bits per heavy atom. The van der Waals surface area contributed by atoms with Crippen molar-refractivity contribution in [2.45, 2.75) is 13.5 Å². The lowest BCUT2D eigenvalue weighted by Crippen LogP contribution is -1.90. The summed E-state index contributed by atoms with van der Waals surface area (Å²) in [6.45, 7) is 1.89. The van der Waals surface area contributed by atoms with Crippen LogP contribution in [0.2, 0.25) is 0 Å². The Hall–Kier alpha value is -1.39. The molecule has 0 aliphatic heterocycles. The summed E-state index contributed by atoms with van der Waals surface area (Å²) in [6, 6.07) is 7.39. The zero-order valence-electron chi connectivity index (χ0n) is 8.30. The molecule has 1 N–H and O–H groups in total. The van der Waals surface area contributed by atoms with Gasteiger partial charge in [-0.05, 0) is 13.0 Å². The third-order valence-corrected chi connectivity index (χ3v) is 2.77. The van der Waals surface area contributed by atoms with Crippen molar-refractivity contribution < 1.29 is 9.84 Å². The fourth-order valence-corrected chi connectivity index (χ4v) is 1.87. The predicted octanol–water partition coefficient (Wildman–Crippen LogP) is 2.74. The van der Waals surface area contributed by atoms with Gasteiger partial charge in [-0.15, -0.1) is 0 Å². The van der Waals surface area contributed by atoms with E-state index in [1.165, 1.54) is 11.3 Å². The van der Waals surface area contributed by atoms with Gasteiger partial charge in [0.05, 0.1) is 12.3 Å². The summed E-state index contributed by atoms with van der Waals surface area (Å²) in [6.07, 6.45) is 0. The van der Waals surface area contributed by atoms with Gasteiger partial charge in [-0.1, -0.05) is 29.5 Å². The average Bonchev–Trinajstić information content (AvgIpc) is 2.65. The molecule has 0 aliphatic carbocycles. The predicted molar refractivity (Wildman–Crippen MR) is 59.3 cm³/mol. The van der Waals surface area contributed by atoms with Crippen molar-refractivity contribution in [1.82, 2.24) is 4.98 Å². The minimum Gasteiger partial charge on any atom is -0.431 e. The number of aliphatic hydroxyl groups is 1. The molecule has 0 radical (unpaired) electrons. The molecule has 3 nitrogen and oxygen atoms in total. The van der Waals surface area contributed by atoms with Crippen LogP contribution in [0.4, 0.5) is 0 Å². The monoisotopic (exact) mass is 221 g/mol. The zero-order chi connectivity index (χ0) is 10.7. The third kappa shape index (κ3) is 2.34. The number of hydrogen-bond acceptors (Lipinski definition) is 4. The number of para-hydroxylation sites is 1. The minimum atomic E-state index is -0.0273. The minimum absolute atomic E-state index is 0.0273. The fourth-order valence-electron chi connectivity index (χ4n) is 1.21. The molecule has 1 aromatic heterocycles. The largest absolute Gasteiger partial charge is 0.431 e. The Kier molecular flexibility index (Phi) is 2.99. The van der Waals surface area contributed by atoms with E-state index in [2.05, 4.69) is 4.98 Å². The molecule has 1 aromatic carbocycles. The highest BCUT2D eigenvalue weighted by Gasteiger charge is 2.05. The van der Waals surface area contributed by atoms with Gasteiger partial charge in [0, 0.05) is 10.9 Å². The van der Waals surface area contributed by atoms with Crippen molar-refractivity contribution >= 4 is 11.3 Å². The van der Waals surface area contributed by atoms with Gasteiger partial charge < -0.3 is 9.84 Å². The van der Waals surface area contributed by atoms with Crippen LogP contribution >= 0.6 is 11.3 Å². The maximum atomic E-state index is 9.10. The second-order valence-electron chi connectivity index (χ2n) is 3.12. The van der Waals surface area contributed by atoms with E-state index in [1.807, 2.05) is 36.6 Å². The number of benzene rings is 1. The van der Waals surface area contributed by atoms with Crippen molar-refractivity contribution in [3.63, 3.8) is 0 Å². The number of aromatic nitrogens is 1. The molecule has 0 fully saturated rings. The topological polar surface area (TPSA) is 42.4 Å². The van der Waals surface area contributed by atoms with Crippen molar-refractivity contribution in [2.24, 2.45) is 0 Å². The lowest BCUT2D eigenvalue weighted by molar-refractivity contribution is 0.276. The van der Waals surface area contributed by atoms with Crippen LogP contribution in [-0.4, -0.2) is 10.1 Å². The number of hydrogen-bond donors (Lipinski definition) is 1. The molecule has 2 rings (SSSR count). The summed E-state index contributed by atoms with van der Waals surface area (Å²) in [7, 11) is 0. The van der Waals surface area contributed by atoms with Crippen LogP contribution in [0.25, 0.3) is 0 Å². The molecule has 0 amide bonds. The third-order valence-electron chi connectivity index (χ3n) is 1.94. The Balaban J connectivity index is 2.23. The van der Waals surface area contributed by atoms with Crippen molar-refractivity contribution in [3.05, 3.63) is 40.9 Å². The molecule has 4 heteroatoms. The van der Waals surface area contributed by atoms with Gasteiger partial charge in [0.15, 0.2) is 0 Å². The van der Waals surface area contributed by atoms with Crippen LogP contribution in [0.3, 0.4) is 0 Å². The van der Waals surface area contributed by atoms with E-state index >= 15 is 0 Å². The molecule has 0 atom stereocenters. The first-order valence-corrected chi connectivity index (χ1v) is 5.46. The SMILES string of the molecule is Cc1csc(Oc2ccccc2CO)n1. The van der Waals surface area contributed by atoms with Crippen LogP contribution in [0.15, 0.2) is 29.6 Å². The molecule has 15 heavy (non-hydrogen) atoms. The lowest BCUT2D eigenvalue weighted by atomic mass is 10.2. The second kappa shape index (κ2) is 4.42. The molecule has 0 unspecified atom stereocenters. The van der Waals surface area contributed by atoms with E-state index in [0.717, 1.165) is 11.3 Å². The molecule has 0 spiro atoms. The van der Waals surface area contributed by atoms with E-state index < -0.39 is 0 Å². The van der Waals surface area contributed by atoms with E-state index in [0.29, 0.717) is 10.9 Å². The first-order valence-electron chi connectivity index (χ1n) is 4.58. The Morgan fingerprint density at radius 1 is 1.40 bits per heavy atom. The molecule has 0 saturated carbocycles. The number of ether oxygens (including phenoxy) is 1. The van der Waals surface area contributed by atoms with Crippen LogP contribution in [0.1, 0.15) is 11.3 Å². The molecule has 0 bridgehead atoms. The maximum absolute atomic E-state index is 9.10. The summed E-state index contributed by atoms with van der Waals surface area (Å²) in [5.74, 6) is 0.661. The number of aliphatic hydroxyl groups excluding tert-OH is 1. The van der Waals surface area contributed by atoms with Crippen LogP contribution in [0.5, 0.6) is 10.9 Å². The standard InChI is InChI=1S/C11H11NO2S/c1-8-7-15-11(12-8)14-10-5-3-2-4-9(10)6-13/h2-5,7,13H,6H2,1H3. The first-order chi connectivity index (χ1) is 7.29. The van der Waals surface area contributed by atoms with Crippen molar-refractivity contribution in [3.8, 4) is 10.9 Å². The van der Waals surface area contributed by atoms with Gasteiger partial charge in [0.25, 0.3) is 5.19 Å². The van der Waals surface area contributed by atoms with E-state index in [1.54, 1.807) is 0 Å². The summed E-state index contributed by atoms with van der Waals surface area (Å²) in [5, 5.41) is 11.6. The average molecular weight is 221 g/mol. The van der Waals surface area contributed by atoms with Gasteiger partial charge in [0.1, 0.15) is 5.75 Å². The summed E-state index contributed by atoms with van der Waals surface area (Å²) >= 11 is 1.45. The van der Waals surface area contributed by atoms with E-state index in [-0.39, 0.29) is 6.61 Å². The highest BCUT2D eigenvalue weighted by atomic mass is 32.1. The zero-order valence-corrected chi connectivity index (χ0v) is 9.12. The Labute approximate surface area is 92.0 Å².